The molecule has 1 atom stereocenters. The number of aryl methyl sites for hydroxylation is 2. The molecule has 1 aromatic carbocycles. The van der Waals surface area contributed by atoms with Gasteiger partial charge >= 0.3 is 12.0 Å². The number of aliphatic carboxylic acids is 1. The molecule has 2 amide bonds. The second-order valence-corrected chi connectivity index (χ2v) is 5.07. The van der Waals surface area contributed by atoms with E-state index in [1.54, 1.807) is 6.92 Å². The summed E-state index contributed by atoms with van der Waals surface area (Å²) in [5.74, 6) is -1.30. The predicted octanol–water partition coefficient (Wildman–Crippen LogP) is 3.04. The van der Waals surface area contributed by atoms with Crippen molar-refractivity contribution in [2.24, 2.45) is 5.92 Å². The molecular weight excluding hydrogens is 268 g/mol. The van der Waals surface area contributed by atoms with E-state index in [4.69, 9.17) is 5.11 Å². The lowest BCUT2D eigenvalue weighted by atomic mass is 10.0. The number of carboxylic acids is 1. The number of rotatable bonds is 7. The number of benzene rings is 1. The summed E-state index contributed by atoms with van der Waals surface area (Å²) in [7, 11) is 0. The van der Waals surface area contributed by atoms with E-state index >= 15 is 0 Å². The van der Waals surface area contributed by atoms with Crippen LogP contribution >= 0.6 is 0 Å². The SMILES string of the molecule is CCc1cccc(CC)c1NC(=O)NCCC(C)C(=O)O. The molecule has 5 nitrogen and oxygen atoms in total. The molecule has 0 saturated heterocycles. The highest BCUT2D eigenvalue weighted by Crippen LogP contribution is 2.22. The number of carbonyl (C=O) groups excluding carboxylic acids is 1. The lowest BCUT2D eigenvalue weighted by Gasteiger charge is -2.15. The van der Waals surface area contributed by atoms with Crippen molar-refractivity contribution in [3.05, 3.63) is 29.3 Å². The van der Waals surface area contributed by atoms with Crippen molar-refractivity contribution < 1.29 is 14.7 Å². The molecule has 0 saturated carbocycles. The zero-order chi connectivity index (χ0) is 15.8. The standard InChI is InChI=1S/C16H24N2O3/c1-4-12-7-6-8-13(5-2)14(12)18-16(21)17-10-9-11(3)15(19)20/h6-8,11H,4-5,9-10H2,1-3H3,(H,19,20)(H2,17,18,21). The van der Waals surface area contributed by atoms with Crippen LogP contribution in [0.15, 0.2) is 18.2 Å². The molecule has 1 aromatic rings. The number of anilines is 1. The first-order valence-corrected chi connectivity index (χ1v) is 7.38. The summed E-state index contributed by atoms with van der Waals surface area (Å²) in [4.78, 5) is 22.6. The fraction of sp³-hybridized carbons (Fsp3) is 0.500. The molecule has 1 unspecified atom stereocenters. The maximum absolute atomic E-state index is 11.9. The van der Waals surface area contributed by atoms with Crippen molar-refractivity contribution in [2.75, 3.05) is 11.9 Å². The molecule has 21 heavy (non-hydrogen) atoms. The minimum Gasteiger partial charge on any atom is -0.481 e. The predicted molar refractivity (Wildman–Crippen MR) is 83.6 cm³/mol. The fourth-order valence-electron chi connectivity index (χ4n) is 2.09. The third-order valence-corrected chi connectivity index (χ3v) is 3.52. The van der Waals surface area contributed by atoms with Crippen LogP contribution in [-0.2, 0) is 17.6 Å². The van der Waals surface area contributed by atoms with Gasteiger partial charge in [0.1, 0.15) is 0 Å². The summed E-state index contributed by atoms with van der Waals surface area (Å²) in [5.41, 5.74) is 3.07. The number of para-hydroxylation sites is 1. The number of carboxylic acid groups (broad SMARTS) is 1. The Balaban J connectivity index is 2.61. The van der Waals surface area contributed by atoms with Gasteiger partial charge in [-0.1, -0.05) is 39.0 Å². The summed E-state index contributed by atoms with van der Waals surface area (Å²) in [6, 6.07) is 5.71. The molecule has 0 bridgehead atoms. The first-order valence-electron chi connectivity index (χ1n) is 7.38. The Morgan fingerprint density at radius 3 is 2.24 bits per heavy atom. The molecule has 3 N–H and O–H groups in total. The minimum absolute atomic E-state index is 0.289. The molecule has 1 rings (SSSR count). The number of nitrogens with one attached hydrogen (secondary N) is 2. The van der Waals surface area contributed by atoms with Crippen LogP contribution in [-0.4, -0.2) is 23.7 Å². The molecule has 5 heteroatoms. The quantitative estimate of drug-likeness (QED) is 0.722. The minimum atomic E-state index is -0.846. The average molecular weight is 292 g/mol. The number of hydrogen-bond donors (Lipinski definition) is 3. The van der Waals surface area contributed by atoms with Gasteiger partial charge in [-0.15, -0.1) is 0 Å². The van der Waals surface area contributed by atoms with E-state index in [2.05, 4.69) is 10.6 Å². The van der Waals surface area contributed by atoms with Gasteiger partial charge in [0.05, 0.1) is 5.92 Å². The third kappa shape index (κ3) is 5.10. The second-order valence-electron chi connectivity index (χ2n) is 5.07. The van der Waals surface area contributed by atoms with Crippen LogP contribution in [0, 0.1) is 5.92 Å². The van der Waals surface area contributed by atoms with Gasteiger partial charge in [0, 0.05) is 12.2 Å². The van der Waals surface area contributed by atoms with Gasteiger partial charge in [0.15, 0.2) is 0 Å². The summed E-state index contributed by atoms with van der Waals surface area (Å²) in [6.07, 6.45) is 2.11. The van der Waals surface area contributed by atoms with Crippen LogP contribution < -0.4 is 10.6 Å². The molecule has 0 radical (unpaired) electrons. The van der Waals surface area contributed by atoms with E-state index in [1.165, 1.54) is 0 Å². The molecular formula is C16H24N2O3. The fourth-order valence-corrected chi connectivity index (χ4v) is 2.09. The molecule has 0 aliphatic heterocycles. The summed E-state index contributed by atoms with van der Waals surface area (Å²) < 4.78 is 0. The van der Waals surface area contributed by atoms with Crippen molar-refractivity contribution >= 4 is 17.7 Å². The first kappa shape index (κ1) is 17.0. The molecule has 0 spiro atoms. The lowest BCUT2D eigenvalue weighted by molar-refractivity contribution is -0.141. The molecule has 0 aromatic heterocycles. The Bertz CT molecular complexity index is 478. The third-order valence-electron chi connectivity index (χ3n) is 3.52. The van der Waals surface area contributed by atoms with E-state index in [0.29, 0.717) is 13.0 Å². The van der Waals surface area contributed by atoms with Crippen LogP contribution in [0.5, 0.6) is 0 Å². The van der Waals surface area contributed by atoms with Crippen LogP contribution in [0.3, 0.4) is 0 Å². The Morgan fingerprint density at radius 1 is 1.19 bits per heavy atom. The smallest absolute Gasteiger partial charge is 0.319 e. The van der Waals surface area contributed by atoms with Gasteiger partial charge in [-0.3, -0.25) is 4.79 Å². The molecule has 0 fully saturated rings. The van der Waals surface area contributed by atoms with E-state index in [-0.39, 0.29) is 6.03 Å². The van der Waals surface area contributed by atoms with Gasteiger partial charge in [-0.2, -0.15) is 0 Å². The topological polar surface area (TPSA) is 78.4 Å². The number of hydrogen-bond acceptors (Lipinski definition) is 2. The lowest BCUT2D eigenvalue weighted by Crippen LogP contribution is -2.31. The average Bonchev–Trinajstić information content (AvgIpc) is 2.47. The Kier molecular flexibility index (Phi) is 6.72. The number of carbonyl (C=O) groups is 2. The van der Waals surface area contributed by atoms with Crippen LogP contribution in [0.4, 0.5) is 10.5 Å². The molecule has 0 aliphatic carbocycles. The summed E-state index contributed by atoms with van der Waals surface area (Å²) in [5, 5.41) is 14.4. The molecule has 0 heterocycles. The van der Waals surface area contributed by atoms with E-state index < -0.39 is 11.9 Å². The first-order chi connectivity index (χ1) is 9.99. The number of amides is 2. The summed E-state index contributed by atoms with van der Waals surface area (Å²) in [6.45, 7) is 6.07. The monoisotopic (exact) mass is 292 g/mol. The van der Waals surface area contributed by atoms with Gasteiger partial charge in [0.25, 0.3) is 0 Å². The maximum atomic E-state index is 11.9. The zero-order valence-electron chi connectivity index (χ0n) is 12.9. The Hall–Kier alpha value is -2.04. The van der Waals surface area contributed by atoms with Gasteiger partial charge in [-0.25, -0.2) is 4.79 Å². The van der Waals surface area contributed by atoms with E-state index in [0.717, 1.165) is 29.7 Å². The second kappa shape index (κ2) is 8.29. The van der Waals surface area contributed by atoms with Crippen LogP contribution in [0.1, 0.15) is 38.3 Å². The highest BCUT2D eigenvalue weighted by molar-refractivity contribution is 5.91. The van der Waals surface area contributed by atoms with Crippen molar-refractivity contribution in [3.63, 3.8) is 0 Å². The maximum Gasteiger partial charge on any atom is 0.319 e. The highest BCUT2D eigenvalue weighted by Gasteiger charge is 2.12. The highest BCUT2D eigenvalue weighted by atomic mass is 16.4. The van der Waals surface area contributed by atoms with Gasteiger partial charge < -0.3 is 15.7 Å². The van der Waals surface area contributed by atoms with Crippen LogP contribution in [0.25, 0.3) is 0 Å². The van der Waals surface area contributed by atoms with Crippen molar-refractivity contribution in [3.8, 4) is 0 Å². The zero-order valence-corrected chi connectivity index (χ0v) is 12.9. The Labute approximate surface area is 125 Å². The number of urea groups is 1. The summed E-state index contributed by atoms with van der Waals surface area (Å²) >= 11 is 0. The van der Waals surface area contributed by atoms with Gasteiger partial charge in [0.2, 0.25) is 0 Å². The van der Waals surface area contributed by atoms with Crippen molar-refractivity contribution in [1.29, 1.82) is 0 Å². The largest absolute Gasteiger partial charge is 0.481 e. The Morgan fingerprint density at radius 2 is 1.76 bits per heavy atom. The van der Waals surface area contributed by atoms with Crippen LogP contribution in [0.2, 0.25) is 0 Å². The molecule has 116 valence electrons. The van der Waals surface area contributed by atoms with Crippen molar-refractivity contribution in [2.45, 2.75) is 40.0 Å². The van der Waals surface area contributed by atoms with Crippen molar-refractivity contribution in [1.82, 2.24) is 5.32 Å². The van der Waals surface area contributed by atoms with E-state index in [9.17, 15) is 9.59 Å². The van der Waals surface area contributed by atoms with Gasteiger partial charge in [-0.05, 0) is 30.4 Å². The normalized spacial score (nSPS) is 11.8. The van der Waals surface area contributed by atoms with E-state index in [1.807, 2.05) is 32.0 Å². The molecule has 0 aliphatic rings.